The van der Waals surface area contributed by atoms with Gasteiger partial charge in [-0.3, -0.25) is 4.90 Å². The van der Waals surface area contributed by atoms with Gasteiger partial charge >= 0.3 is 6.09 Å². The third-order valence-electron chi connectivity index (χ3n) is 2.34. The number of morpholine rings is 1. The van der Waals surface area contributed by atoms with E-state index in [4.69, 9.17) is 16.3 Å². The van der Waals surface area contributed by atoms with Gasteiger partial charge in [0.25, 0.3) is 0 Å². The van der Waals surface area contributed by atoms with E-state index in [1.165, 1.54) is 11.9 Å². The molecule has 1 aliphatic heterocycles. The van der Waals surface area contributed by atoms with Crippen LogP contribution in [0.1, 0.15) is 0 Å². The normalized spacial score (nSPS) is 22.0. The largest absolute Gasteiger partial charge is 0.465 e. The lowest BCUT2D eigenvalue weighted by molar-refractivity contribution is -0.0343. The van der Waals surface area contributed by atoms with E-state index in [1.807, 2.05) is 0 Å². The average molecular weight is 212 g/mol. The van der Waals surface area contributed by atoms with Crippen LogP contribution >= 0.6 is 0 Å². The molecule has 15 heavy (non-hydrogen) atoms. The SMILES string of the molecule is C#CCN1CCOC(CN(C)C(=O)O)C1. The monoisotopic (exact) mass is 212 g/mol. The van der Waals surface area contributed by atoms with Crippen LogP contribution in [0.25, 0.3) is 0 Å². The molecule has 0 aromatic carbocycles. The van der Waals surface area contributed by atoms with Gasteiger partial charge in [-0.1, -0.05) is 5.92 Å². The summed E-state index contributed by atoms with van der Waals surface area (Å²) in [5.41, 5.74) is 0. The lowest BCUT2D eigenvalue weighted by Gasteiger charge is -2.33. The van der Waals surface area contributed by atoms with Crippen LogP contribution in [-0.4, -0.2) is 66.9 Å². The maximum Gasteiger partial charge on any atom is 0.407 e. The summed E-state index contributed by atoms with van der Waals surface area (Å²) in [7, 11) is 1.53. The molecule has 0 aromatic heterocycles. The summed E-state index contributed by atoms with van der Waals surface area (Å²) in [6.07, 6.45) is 4.20. The minimum absolute atomic E-state index is 0.0757. The first-order valence-electron chi connectivity index (χ1n) is 4.85. The second-order valence-corrected chi connectivity index (χ2v) is 3.60. The molecule has 0 aromatic rings. The Morgan fingerprint density at radius 2 is 2.53 bits per heavy atom. The Morgan fingerprint density at radius 3 is 3.13 bits per heavy atom. The van der Waals surface area contributed by atoms with Gasteiger partial charge in [-0.2, -0.15) is 0 Å². The van der Waals surface area contributed by atoms with E-state index in [-0.39, 0.29) is 6.10 Å². The fourth-order valence-corrected chi connectivity index (χ4v) is 1.55. The Labute approximate surface area is 89.6 Å². The summed E-state index contributed by atoms with van der Waals surface area (Å²) in [5, 5.41) is 8.71. The van der Waals surface area contributed by atoms with E-state index in [0.717, 1.165) is 6.54 Å². The molecule has 0 spiro atoms. The summed E-state index contributed by atoms with van der Waals surface area (Å²) in [6.45, 7) is 3.10. The average Bonchev–Trinajstić information content (AvgIpc) is 2.18. The van der Waals surface area contributed by atoms with Crippen molar-refractivity contribution in [3.8, 4) is 12.3 Å². The van der Waals surface area contributed by atoms with Crippen molar-refractivity contribution >= 4 is 6.09 Å². The number of nitrogens with zero attached hydrogens (tertiary/aromatic N) is 2. The predicted molar refractivity (Wildman–Crippen MR) is 55.7 cm³/mol. The van der Waals surface area contributed by atoms with Gasteiger partial charge in [0, 0.05) is 20.1 Å². The van der Waals surface area contributed by atoms with Crippen LogP contribution in [0, 0.1) is 12.3 Å². The first-order chi connectivity index (χ1) is 7.13. The van der Waals surface area contributed by atoms with Crippen LogP contribution in [0.2, 0.25) is 0 Å². The summed E-state index contributed by atoms with van der Waals surface area (Å²) in [5.74, 6) is 2.57. The van der Waals surface area contributed by atoms with Gasteiger partial charge < -0.3 is 14.7 Å². The third-order valence-corrected chi connectivity index (χ3v) is 2.34. The second kappa shape index (κ2) is 5.59. The molecule has 5 heteroatoms. The molecule has 0 aliphatic carbocycles. The third kappa shape index (κ3) is 3.78. The van der Waals surface area contributed by atoms with Gasteiger partial charge in [-0.15, -0.1) is 6.42 Å². The highest BCUT2D eigenvalue weighted by Gasteiger charge is 2.22. The summed E-state index contributed by atoms with van der Waals surface area (Å²) in [6, 6.07) is 0. The van der Waals surface area contributed by atoms with E-state index in [9.17, 15) is 4.79 Å². The number of amides is 1. The van der Waals surface area contributed by atoms with E-state index < -0.39 is 6.09 Å². The number of ether oxygens (including phenoxy) is 1. The molecule has 0 bridgehead atoms. The molecule has 1 fully saturated rings. The van der Waals surface area contributed by atoms with Crippen molar-refractivity contribution in [3.63, 3.8) is 0 Å². The van der Waals surface area contributed by atoms with Gasteiger partial charge in [0.2, 0.25) is 0 Å². The van der Waals surface area contributed by atoms with Crippen LogP contribution in [-0.2, 0) is 4.74 Å². The lowest BCUT2D eigenvalue weighted by Crippen LogP contribution is -2.47. The number of terminal acetylenes is 1. The van der Waals surface area contributed by atoms with Gasteiger partial charge in [-0.05, 0) is 0 Å². The fraction of sp³-hybridized carbons (Fsp3) is 0.700. The molecule has 1 heterocycles. The molecular formula is C10H16N2O3. The Bertz CT molecular complexity index is 262. The van der Waals surface area contributed by atoms with Crippen molar-refractivity contribution in [2.24, 2.45) is 0 Å². The molecule has 84 valence electrons. The first-order valence-corrected chi connectivity index (χ1v) is 4.85. The number of carbonyl (C=O) groups is 1. The van der Waals surface area contributed by atoms with E-state index in [0.29, 0.717) is 26.2 Å². The topological polar surface area (TPSA) is 53.0 Å². The van der Waals surface area contributed by atoms with Gasteiger partial charge in [0.1, 0.15) is 0 Å². The quantitative estimate of drug-likeness (QED) is 0.665. The van der Waals surface area contributed by atoms with Crippen LogP contribution in [0.4, 0.5) is 4.79 Å². The minimum atomic E-state index is -0.937. The predicted octanol–water partition coefficient (Wildman–Crippen LogP) is -0.0698. The zero-order valence-electron chi connectivity index (χ0n) is 8.85. The Kier molecular flexibility index (Phi) is 4.40. The summed E-state index contributed by atoms with van der Waals surface area (Å²) >= 11 is 0. The molecule has 0 radical (unpaired) electrons. The molecule has 1 rings (SSSR count). The number of hydrogen-bond donors (Lipinski definition) is 1. The standard InChI is InChI=1S/C10H16N2O3/c1-3-4-12-5-6-15-9(8-12)7-11(2)10(13)14/h1,9H,4-8H2,2H3,(H,13,14). The van der Waals surface area contributed by atoms with Crippen LogP contribution in [0.5, 0.6) is 0 Å². The number of hydrogen-bond acceptors (Lipinski definition) is 3. The Morgan fingerprint density at radius 1 is 1.80 bits per heavy atom. The maximum absolute atomic E-state index is 10.6. The van der Waals surface area contributed by atoms with Crippen molar-refractivity contribution in [2.75, 3.05) is 39.8 Å². The van der Waals surface area contributed by atoms with Gasteiger partial charge in [0.15, 0.2) is 0 Å². The van der Waals surface area contributed by atoms with Crippen LogP contribution in [0.15, 0.2) is 0 Å². The number of likely N-dealkylation sites (N-methyl/N-ethyl adjacent to an activating group) is 1. The number of carboxylic acid groups (broad SMARTS) is 1. The maximum atomic E-state index is 10.6. The Hall–Kier alpha value is -1.25. The molecule has 1 unspecified atom stereocenters. The van der Waals surface area contributed by atoms with E-state index >= 15 is 0 Å². The Balaban J connectivity index is 2.36. The highest BCUT2D eigenvalue weighted by atomic mass is 16.5. The molecule has 1 aliphatic rings. The highest BCUT2D eigenvalue weighted by molar-refractivity contribution is 5.64. The number of rotatable bonds is 3. The minimum Gasteiger partial charge on any atom is -0.465 e. The first kappa shape index (κ1) is 11.8. The molecular weight excluding hydrogens is 196 g/mol. The molecule has 5 nitrogen and oxygen atoms in total. The van der Waals surface area contributed by atoms with Gasteiger partial charge in [-0.25, -0.2) is 4.79 Å². The smallest absolute Gasteiger partial charge is 0.407 e. The fourth-order valence-electron chi connectivity index (χ4n) is 1.55. The van der Waals surface area contributed by atoms with Gasteiger partial charge in [0.05, 0.1) is 25.8 Å². The zero-order chi connectivity index (χ0) is 11.3. The lowest BCUT2D eigenvalue weighted by atomic mass is 10.2. The van der Waals surface area contributed by atoms with E-state index in [2.05, 4.69) is 10.8 Å². The van der Waals surface area contributed by atoms with Crippen LogP contribution < -0.4 is 0 Å². The molecule has 1 atom stereocenters. The zero-order valence-corrected chi connectivity index (χ0v) is 8.85. The summed E-state index contributed by atoms with van der Waals surface area (Å²) < 4.78 is 5.46. The molecule has 1 N–H and O–H groups in total. The molecule has 1 saturated heterocycles. The van der Waals surface area contributed by atoms with Crippen LogP contribution in [0.3, 0.4) is 0 Å². The van der Waals surface area contributed by atoms with E-state index in [1.54, 1.807) is 0 Å². The molecule has 1 amide bonds. The summed E-state index contributed by atoms with van der Waals surface area (Å²) in [4.78, 5) is 13.9. The van der Waals surface area contributed by atoms with Crippen molar-refractivity contribution < 1.29 is 14.6 Å². The van der Waals surface area contributed by atoms with Crippen molar-refractivity contribution in [1.29, 1.82) is 0 Å². The highest BCUT2D eigenvalue weighted by Crippen LogP contribution is 2.05. The molecule has 0 saturated carbocycles. The second-order valence-electron chi connectivity index (χ2n) is 3.60. The van der Waals surface area contributed by atoms with Crippen molar-refractivity contribution in [2.45, 2.75) is 6.10 Å². The van der Waals surface area contributed by atoms with Crippen molar-refractivity contribution in [1.82, 2.24) is 9.80 Å². The van der Waals surface area contributed by atoms with Crippen molar-refractivity contribution in [3.05, 3.63) is 0 Å².